The fourth-order valence-electron chi connectivity index (χ4n) is 3.00. The molecule has 0 unspecified atom stereocenters. The van der Waals surface area contributed by atoms with Crippen molar-refractivity contribution in [2.75, 3.05) is 5.32 Å². The molecular weight excluding hydrogens is 322 g/mol. The summed E-state index contributed by atoms with van der Waals surface area (Å²) in [5.74, 6) is -1.45. The highest BCUT2D eigenvalue weighted by Gasteiger charge is 2.19. The molecule has 0 aliphatic rings. The van der Waals surface area contributed by atoms with Gasteiger partial charge in [0.15, 0.2) is 0 Å². The van der Waals surface area contributed by atoms with E-state index in [2.05, 4.69) is 10.6 Å². The van der Waals surface area contributed by atoms with Crippen LogP contribution in [-0.2, 0) is 4.79 Å². The number of rotatable bonds is 5. The van der Waals surface area contributed by atoms with E-state index < -0.39 is 23.7 Å². The Morgan fingerprint density at radius 3 is 2.16 bits per heavy atom. The molecule has 2 atom stereocenters. The largest absolute Gasteiger partial charge is 0.324 e. The van der Waals surface area contributed by atoms with Gasteiger partial charge in [0.25, 0.3) is 0 Å². The molecule has 2 rings (SSSR count). The van der Waals surface area contributed by atoms with Crippen LogP contribution in [-0.4, -0.2) is 11.9 Å². The van der Waals surface area contributed by atoms with Gasteiger partial charge in [-0.25, -0.2) is 8.78 Å². The first-order valence-electron chi connectivity index (χ1n) is 8.28. The number of hydrogen-bond acceptors (Lipinski definition) is 2. The lowest BCUT2D eigenvalue weighted by atomic mass is 10.0. The van der Waals surface area contributed by atoms with E-state index in [-0.39, 0.29) is 5.91 Å². The van der Waals surface area contributed by atoms with Crippen LogP contribution in [0.2, 0.25) is 0 Å². The molecule has 25 heavy (non-hydrogen) atoms. The van der Waals surface area contributed by atoms with Crippen molar-refractivity contribution in [1.29, 1.82) is 0 Å². The SMILES string of the molecule is Cc1cc(C)c(NC(=O)[C@H](C)N[C@H](C)c2ccc(F)cc2F)c(C)c1. The Balaban J connectivity index is 2.08. The Kier molecular flexibility index (Phi) is 5.90. The van der Waals surface area contributed by atoms with Crippen LogP contribution in [0.3, 0.4) is 0 Å². The van der Waals surface area contributed by atoms with Crippen molar-refractivity contribution in [3.8, 4) is 0 Å². The van der Waals surface area contributed by atoms with E-state index in [1.807, 2.05) is 32.9 Å². The van der Waals surface area contributed by atoms with E-state index in [0.717, 1.165) is 28.4 Å². The number of aryl methyl sites for hydroxylation is 3. The fourth-order valence-corrected chi connectivity index (χ4v) is 3.00. The molecule has 0 aromatic heterocycles. The van der Waals surface area contributed by atoms with Crippen molar-refractivity contribution >= 4 is 11.6 Å². The minimum atomic E-state index is -0.627. The molecule has 3 nitrogen and oxygen atoms in total. The van der Waals surface area contributed by atoms with Gasteiger partial charge in [0.05, 0.1) is 6.04 Å². The van der Waals surface area contributed by atoms with E-state index in [1.165, 1.54) is 12.1 Å². The predicted molar refractivity (Wildman–Crippen MR) is 96.7 cm³/mol. The number of carbonyl (C=O) groups excluding carboxylic acids is 1. The first-order chi connectivity index (χ1) is 11.7. The molecule has 1 amide bonds. The molecule has 0 saturated carbocycles. The van der Waals surface area contributed by atoms with Crippen LogP contribution >= 0.6 is 0 Å². The van der Waals surface area contributed by atoms with Crippen molar-refractivity contribution in [1.82, 2.24) is 5.32 Å². The normalized spacial score (nSPS) is 13.4. The Morgan fingerprint density at radius 1 is 1.00 bits per heavy atom. The molecule has 2 aromatic carbocycles. The third kappa shape index (κ3) is 4.63. The standard InChI is InChI=1S/C20H24F2N2O/c1-11-8-12(2)19(13(3)9-11)24-20(25)15(5)23-14(4)17-7-6-16(21)10-18(17)22/h6-10,14-15,23H,1-5H3,(H,24,25)/t14-,15+/m1/s1. The van der Waals surface area contributed by atoms with Crippen molar-refractivity contribution in [3.63, 3.8) is 0 Å². The van der Waals surface area contributed by atoms with Crippen molar-refractivity contribution in [3.05, 3.63) is 64.2 Å². The number of carbonyl (C=O) groups is 1. The van der Waals surface area contributed by atoms with Crippen LogP contribution in [0.25, 0.3) is 0 Å². The molecule has 2 N–H and O–H groups in total. The molecule has 0 fully saturated rings. The third-order valence-corrected chi connectivity index (χ3v) is 4.25. The molecule has 0 radical (unpaired) electrons. The number of nitrogens with one attached hydrogen (secondary N) is 2. The second kappa shape index (κ2) is 7.74. The van der Waals surface area contributed by atoms with Gasteiger partial charge in [0, 0.05) is 23.4 Å². The van der Waals surface area contributed by atoms with Gasteiger partial charge in [-0.3, -0.25) is 10.1 Å². The van der Waals surface area contributed by atoms with Crippen LogP contribution in [0.5, 0.6) is 0 Å². The second-order valence-electron chi connectivity index (χ2n) is 6.54. The summed E-state index contributed by atoms with van der Waals surface area (Å²) < 4.78 is 26.9. The molecule has 134 valence electrons. The maximum absolute atomic E-state index is 13.9. The molecule has 5 heteroatoms. The van der Waals surface area contributed by atoms with Gasteiger partial charge in [-0.05, 0) is 51.8 Å². The summed E-state index contributed by atoms with van der Waals surface area (Å²) in [6, 6.07) is 6.49. The van der Waals surface area contributed by atoms with Crippen LogP contribution in [0.1, 0.15) is 42.1 Å². The number of hydrogen-bond donors (Lipinski definition) is 2. The second-order valence-corrected chi connectivity index (χ2v) is 6.54. The van der Waals surface area contributed by atoms with Crippen LogP contribution in [0, 0.1) is 32.4 Å². The van der Waals surface area contributed by atoms with E-state index in [4.69, 9.17) is 0 Å². The molecule has 0 aliphatic heterocycles. The van der Waals surface area contributed by atoms with Gasteiger partial charge >= 0.3 is 0 Å². The predicted octanol–water partition coefficient (Wildman–Crippen LogP) is 4.57. The summed E-state index contributed by atoms with van der Waals surface area (Å²) in [7, 11) is 0. The minimum Gasteiger partial charge on any atom is -0.324 e. The quantitative estimate of drug-likeness (QED) is 0.833. The molecular formula is C20H24F2N2O. The van der Waals surface area contributed by atoms with E-state index in [0.29, 0.717) is 5.56 Å². The van der Waals surface area contributed by atoms with E-state index in [1.54, 1.807) is 13.8 Å². The first kappa shape index (κ1) is 19.1. The zero-order valence-corrected chi connectivity index (χ0v) is 15.2. The summed E-state index contributed by atoms with van der Waals surface area (Å²) in [6.07, 6.45) is 0. The first-order valence-corrected chi connectivity index (χ1v) is 8.28. The minimum absolute atomic E-state index is 0.204. The fraction of sp³-hybridized carbons (Fsp3) is 0.350. The van der Waals surface area contributed by atoms with Gasteiger partial charge in [0.2, 0.25) is 5.91 Å². The van der Waals surface area contributed by atoms with Crippen LogP contribution in [0.4, 0.5) is 14.5 Å². The third-order valence-electron chi connectivity index (χ3n) is 4.25. The lowest BCUT2D eigenvalue weighted by Crippen LogP contribution is -2.39. The zero-order chi connectivity index (χ0) is 18.7. The molecule has 0 bridgehead atoms. The lowest BCUT2D eigenvalue weighted by molar-refractivity contribution is -0.118. The van der Waals surface area contributed by atoms with Crippen molar-refractivity contribution in [2.45, 2.75) is 46.7 Å². The van der Waals surface area contributed by atoms with Gasteiger partial charge < -0.3 is 5.32 Å². The van der Waals surface area contributed by atoms with Crippen molar-refractivity contribution < 1.29 is 13.6 Å². The Bertz CT molecular complexity index is 766. The number of halogens is 2. The Hall–Kier alpha value is -2.27. The van der Waals surface area contributed by atoms with Crippen molar-refractivity contribution in [2.24, 2.45) is 0 Å². The molecule has 0 saturated heterocycles. The smallest absolute Gasteiger partial charge is 0.241 e. The summed E-state index contributed by atoms with van der Waals surface area (Å²) in [5.41, 5.74) is 4.25. The number of benzene rings is 2. The Morgan fingerprint density at radius 2 is 1.60 bits per heavy atom. The highest BCUT2D eigenvalue weighted by atomic mass is 19.1. The highest BCUT2D eigenvalue weighted by Crippen LogP contribution is 2.23. The number of anilines is 1. The molecule has 0 heterocycles. The zero-order valence-electron chi connectivity index (χ0n) is 15.2. The summed E-state index contributed by atoms with van der Waals surface area (Å²) in [4.78, 5) is 12.5. The lowest BCUT2D eigenvalue weighted by Gasteiger charge is -2.21. The average Bonchev–Trinajstić information content (AvgIpc) is 2.50. The molecule has 0 aliphatic carbocycles. The molecule has 0 spiro atoms. The maximum Gasteiger partial charge on any atom is 0.241 e. The number of amides is 1. The van der Waals surface area contributed by atoms with Gasteiger partial charge in [0.1, 0.15) is 11.6 Å². The Labute approximate surface area is 147 Å². The maximum atomic E-state index is 13.9. The van der Waals surface area contributed by atoms with Crippen LogP contribution in [0.15, 0.2) is 30.3 Å². The summed E-state index contributed by atoms with van der Waals surface area (Å²) in [5, 5.41) is 5.98. The van der Waals surface area contributed by atoms with E-state index >= 15 is 0 Å². The molecule has 2 aromatic rings. The summed E-state index contributed by atoms with van der Waals surface area (Å²) >= 11 is 0. The average molecular weight is 346 g/mol. The van der Waals surface area contributed by atoms with E-state index in [9.17, 15) is 13.6 Å². The summed E-state index contributed by atoms with van der Waals surface area (Å²) in [6.45, 7) is 9.36. The highest BCUT2D eigenvalue weighted by molar-refractivity contribution is 5.96. The van der Waals surface area contributed by atoms with Crippen LogP contribution < -0.4 is 10.6 Å². The van der Waals surface area contributed by atoms with Gasteiger partial charge in [-0.2, -0.15) is 0 Å². The van der Waals surface area contributed by atoms with Gasteiger partial charge in [-0.15, -0.1) is 0 Å². The van der Waals surface area contributed by atoms with Gasteiger partial charge in [-0.1, -0.05) is 23.8 Å². The topological polar surface area (TPSA) is 41.1 Å². The monoisotopic (exact) mass is 346 g/mol.